The number of likely N-dealkylation sites (tertiary alicyclic amines) is 1. The van der Waals surface area contributed by atoms with Gasteiger partial charge in [0.05, 0.1) is 17.8 Å². The highest BCUT2D eigenvalue weighted by Crippen LogP contribution is 2.24. The lowest BCUT2D eigenvalue weighted by atomic mass is 9.96. The van der Waals surface area contributed by atoms with E-state index in [-0.39, 0.29) is 11.9 Å². The maximum Gasteiger partial charge on any atom is 0.274 e. The number of hydrogen-bond acceptors (Lipinski definition) is 6. The highest BCUT2D eigenvalue weighted by Gasteiger charge is 2.31. The van der Waals surface area contributed by atoms with Gasteiger partial charge in [-0.05, 0) is 37.8 Å². The fraction of sp³-hybridized carbons (Fsp3) is 0.526. The van der Waals surface area contributed by atoms with Crippen LogP contribution in [0.1, 0.15) is 46.8 Å². The summed E-state index contributed by atoms with van der Waals surface area (Å²) >= 11 is 0. The zero-order valence-corrected chi connectivity index (χ0v) is 14.7. The molecule has 0 saturated carbocycles. The number of aliphatic hydroxyl groups excluding tert-OH is 1. The van der Waals surface area contributed by atoms with Gasteiger partial charge in [0.2, 0.25) is 0 Å². The van der Waals surface area contributed by atoms with Crippen LogP contribution in [0.5, 0.6) is 0 Å². The number of carbonyl (C=O) groups is 1. The summed E-state index contributed by atoms with van der Waals surface area (Å²) in [6, 6.07) is 5.57. The molecule has 2 aromatic heterocycles. The predicted molar refractivity (Wildman–Crippen MR) is 94.5 cm³/mol. The Morgan fingerprint density at radius 2 is 2.23 bits per heavy atom. The Kier molecular flexibility index (Phi) is 4.99. The molecule has 2 N–H and O–H groups in total. The second-order valence-electron chi connectivity index (χ2n) is 7.13. The van der Waals surface area contributed by atoms with E-state index in [4.69, 9.17) is 4.52 Å². The average Bonchev–Trinajstić information content (AvgIpc) is 3.09. The molecule has 0 radical (unpaired) electrons. The molecular formula is C19H24N4O3. The minimum Gasteiger partial charge on any atom is -0.390 e. The Bertz CT molecular complexity index is 761. The Balaban J connectivity index is 1.35. The molecular weight excluding hydrogens is 332 g/mol. The van der Waals surface area contributed by atoms with E-state index in [0.717, 1.165) is 49.2 Å². The Morgan fingerprint density at radius 1 is 1.35 bits per heavy atom. The number of aromatic nitrogens is 2. The van der Waals surface area contributed by atoms with Gasteiger partial charge in [0.25, 0.3) is 5.91 Å². The molecule has 138 valence electrons. The zero-order chi connectivity index (χ0) is 17.9. The molecule has 26 heavy (non-hydrogen) atoms. The third-order valence-corrected chi connectivity index (χ3v) is 5.26. The van der Waals surface area contributed by atoms with Crippen LogP contribution in [0, 0.1) is 0 Å². The summed E-state index contributed by atoms with van der Waals surface area (Å²) in [5.41, 5.74) is 2.31. The lowest BCUT2D eigenvalue weighted by molar-refractivity contribution is 0.0343. The van der Waals surface area contributed by atoms with Crippen LogP contribution in [0.15, 0.2) is 28.9 Å². The highest BCUT2D eigenvalue weighted by atomic mass is 16.5. The van der Waals surface area contributed by atoms with Crippen molar-refractivity contribution in [2.75, 3.05) is 13.1 Å². The molecule has 7 heteroatoms. The average molecular weight is 356 g/mol. The maximum absolute atomic E-state index is 12.6. The predicted octanol–water partition coefficient (Wildman–Crippen LogP) is 1.31. The number of rotatable bonds is 4. The fourth-order valence-corrected chi connectivity index (χ4v) is 3.83. The molecule has 2 aliphatic rings. The smallest absolute Gasteiger partial charge is 0.274 e. The van der Waals surface area contributed by atoms with Gasteiger partial charge in [0, 0.05) is 37.8 Å². The Labute approximate surface area is 152 Å². The zero-order valence-electron chi connectivity index (χ0n) is 14.7. The van der Waals surface area contributed by atoms with Gasteiger partial charge in [-0.25, -0.2) is 0 Å². The van der Waals surface area contributed by atoms with Crippen molar-refractivity contribution in [3.8, 4) is 0 Å². The number of carbonyl (C=O) groups excluding carboxylic acids is 1. The first-order valence-electron chi connectivity index (χ1n) is 9.29. The third-order valence-electron chi connectivity index (χ3n) is 5.26. The second kappa shape index (κ2) is 7.55. The van der Waals surface area contributed by atoms with Crippen molar-refractivity contribution in [3.05, 3.63) is 47.1 Å². The first-order valence-corrected chi connectivity index (χ1v) is 9.29. The van der Waals surface area contributed by atoms with Gasteiger partial charge in [-0.3, -0.25) is 14.7 Å². The van der Waals surface area contributed by atoms with Crippen molar-refractivity contribution < 1.29 is 14.4 Å². The van der Waals surface area contributed by atoms with E-state index in [2.05, 4.69) is 20.4 Å². The normalized spacial score (nSPS) is 23.4. The number of aryl methyl sites for hydroxylation is 1. The Morgan fingerprint density at radius 3 is 3.04 bits per heavy atom. The van der Waals surface area contributed by atoms with Gasteiger partial charge in [-0.15, -0.1) is 0 Å². The SMILES string of the molecule is O=C(N[C@@H]1CCN(Cc2ccccn2)C[C@H]1O)c1noc2c1CCCC2. The van der Waals surface area contributed by atoms with Crippen molar-refractivity contribution in [1.29, 1.82) is 0 Å². The van der Waals surface area contributed by atoms with Crippen LogP contribution in [0.2, 0.25) is 0 Å². The number of hydrogen-bond donors (Lipinski definition) is 2. The molecule has 0 spiro atoms. The van der Waals surface area contributed by atoms with Crippen LogP contribution >= 0.6 is 0 Å². The van der Waals surface area contributed by atoms with Crippen LogP contribution in [0.25, 0.3) is 0 Å². The molecule has 7 nitrogen and oxygen atoms in total. The monoisotopic (exact) mass is 356 g/mol. The van der Waals surface area contributed by atoms with Crippen molar-refractivity contribution in [1.82, 2.24) is 20.4 Å². The first-order chi connectivity index (χ1) is 12.7. The van der Waals surface area contributed by atoms with E-state index >= 15 is 0 Å². The molecule has 1 aliphatic carbocycles. The van der Waals surface area contributed by atoms with Crippen molar-refractivity contribution in [2.45, 2.75) is 50.8 Å². The van der Waals surface area contributed by atoms with Gasteiger partial charge < -0.3 is 14.9 Å². The topological polar surface area (TPSA) is 91.5 Å². The van der Waals surface area contributed by atoms with E-state index in [1.165, 1.54) is 0 Å². The van der Waals surface area contributed by atoms with Crippen LogP contribution < -0.4 is 5.32 Å². The third kappa shape index (κ3) is 3.64. The number of aliphatic hydroxyl groups is 1. The molecule has 2 aromatic rings. The lowest BCUT2D eigenvalue weighted by Crippen LogP contribution is -2.54. The van der Waals surface area contributed by atoms with E-state index < -0.39 is 6.10 Å². The van der Waals surface area contributed by atoms with Crippen molar-refractivity contribution >= 4 is 5.91 Å². The molecule has 0 bridgehead atoms. The number of nitrogens with one attached hydrogen (secondary N) is 1. The largest absolute Gasteiger partial charge is 0.390 e. The van der Waals surface area contributed by atoms with Crippen molar-refractivity contribution in [3.63, 3.8) is 0 Å². The molecule has 1 amide bonds. The second-order valence-corrected chi connectivity index (χ2v) is 7.13. The summed E-state index contributed by atoms with van der Waals surface area (Å²) in [5.74, 6) is 0.603. The van der Waals surface area contributed by atoms with Crippen LogP contribution in [0.3, 0.4) is 0 Å². The molecule has 0 aromatic carbocycles. The first kappa shape index (κ1) is 17.2. The summed E-state index contributed by atoms with van der Waals surface area (Å²) < 4.78 is 5.32. The van der Waals surface area contributed by atoms with Crippen LogP contribution in [0.4, 0.5) is 0 Å². The van der Waals surface area contributed by atoms with E-state index in [1.54, 1.807) is 6.20 Å². The number of fused-ring (bicyclic) bond motifs is 1. The molecule has 0 unspecified atom stereocenters. The van der Waals surface area contributed by atoms with E-state index in [9.17, 15) is 9.90 Å². The molecule has 1 aliphatic heterocycles. The Hall–Kier alpha value is -2.25. The van der Waals surface area contributed by atoms with Crippen molar-refractivity contribution in [2.24, 2.45) is 0 Å². The summed E-state index contributed by atoms with van der Waals surface area (Å²) in [6.45, 7) is 2.02. The quantitative estimate of drug-likeness (QED) is 0.858. The molecule has 1 fully saturated rings. The lowest BCUT2D eigenvalue weighted by Gasteiger charge is -2.36. The number of nitrogens with zero attached hydrogens (tertiary/aromatic N) is 3. The van der Waals surface area contributed by atoms with Gasteiger partial charge in [-0.1, -0.05) is 11.2 Å². The minimum atomic E-state index is -0.612. The summed E-state index contributed by atoms with van der Waals surface area (Å²) in [6.07, 6.45) is 5.69. The summed E-state index contributed by atoms with van der Waals surface area (Å²) in [7, 11) is 0. The fourth-order valence-electron chi connectivity index (χ4n) is 3.83. The van der Waals surface area contributed by atoms with Gasteiger partial charge >= 0.3 is 0 Å². The highest BCUT2D eigenvalue weighted by molar-refractivity contribution is 5.94. The molecule has 2 atom stereocenters. The van der Waals surface area contributed by atoms with Gasteiger partial charge in [0.15, 0.2) is 5.69 Å². The van der Waals surface area contributed by atoms with E-state index in [1.807, 2.05) is 18.2 Å². The van der Waals surface area contributed by atoms with Gasteiger partial charge in [-0.2, -0.15) is 0 Å². The van der Waals surface area contributed by atoms with Gasteiger partial charge in [0.1, 0.15) is 5.76 Å². The number of pyridine rings is 1. The minimum absolute atomic E-state index is 0.237. The number of amides is 1. The molecule has 4 rings (SSSR count). The number of β-amino-alcohol motifs (C(OH)–C–C–N with tert-alkyl or cyclic N) is 1. The van der Waals surface area contributed by atoms with Crippen LogP contribution in [-0.4, -0.2) is 51.3 Å². The molecule has 1 saturated heterocycles. The van der Waals surface area contributed by atoms with E-state index in [0.29, 0.717) is 25.2 Å². The van der Waals surface area contributed by atoms with Crippen LogP contribution in [-0.2, 0) is 19.4 Å². The summed E-state index contributed by atoms with van der Waals surface area (Å²) in [5, 5.41) is 17.4. The maximum atomic E-state index is 12.6. The standard InChI is InChI=1S/C19H24N4O3/c24-16-12-23(11-13-5-3-4-9-20-13)10-8-15(16)21-19(25)18-14-6-1-2-7-17(14)26-22-18/h3-5,9,15-16,24H,1-2,6-8,10-12H2,(H,21,25)/t15-,16-/m1/s1. The molecule has 3 heterocycles. The number of piperidine rings is 1. The summed E-state index contributed by atoms with van der Waals surface area (Å²) in [4.78, 5) is 19.1.